The van der Waals surface area contributed by atoms with E-state index in [2.05, 4.69) is 26.2 Å². The quantitative estimate of drug-likeness (QED) is 0.783. The normalized spacial score (nSPS) is 16.1. The zero-order chi connectivity index (χ0) is 11.2. The molecule has 0 fully saturated rings. The van der Waals surface area contributed by atoms with Gasteiger partial charge in [0, 0.05) is 13.1 Å². The number of halogens is 4. The van der Waals surface area contributed by atoms with Crippen LogP contribution in [0.5, 0.6) is 0 Å². The zero-order valence-electron chi connectivity index (χ0n) is 7.23. The Balaban J connectivity index is 2.63. The highest BCUT2D eigenvalue weighted by molar-refractivity contribution is 9.10. The summed E-state index contributed by atoms with van der Waals surface area (Å²) in [6.07, 6.45) is -4.61. The van der Waals surface area contributed by atoms with Gasteiger partial charge in [-0.1, -0.05) is 0 Å². The Bertz CT molecular complexity index is 426. The van der Waals surface area contributed by atoms with Crippen LogP contribution < -0.4 is 5.32 Å². The molecule has 82 valence electrons. The maximum atomic E-state index is 12.5. The van der Waals surface area contributed by atoms with Gasteiger partial charge in [-0.05, 0) is 15.9 Å². The van der Waals surface area contributed by atoms with Gasteiger partial charge in [-0.2, -0.15) is 13.2 Å². The molecular formula is C7H5BrF3N3O. The molecule has 0 saturated carbocycles. The van der Waals surface area contributed by atoms with Crippen LogP contribution in [0.2, 0.25) is 0 Å². The van der Waals surface area contributed by atoms with Crippen LogP contribution in [0.4, 0.5) is 13.2 Å². The van der Waals surface area contributed by atoms with Gasteiger partial charge < -0.3 is 9.88 Å². The van der Waals surface area contributed by atoms with E-state index < -0.39 is 23.5 Å². The molecule has 0 saturated heterocycles. The average molecular weight is 284 g/mol. The first kappa shape index (κ1) is 10.5. The second kappa shape index (κ2) is 3.22. The Morgan fingerprint density at radius 2 is 2.13 bits per heavy atom. The summed E-state index contributed by atoms with van der Waals surface area (Å²) in [6.45, 7) is 0.586. The number of fused-ring (bicyclic) bond motifs is 1. The highest BCUT2D eigenvalue weighted by atomic mass is 79.9. The molecule has 0 bridgehead atoms. The number of imidazole rings is 1. The van der Waals surface area contributed by atoms with Crippen LogP contribution in [-0.4, -0.2) is 22.0 Å². The van der Waals surface area contributed by atoms with E-state index in [1.54, 1.807) is 0 Å². The first-order valence-electron chi connectivity index (χ1n) is 4.02. The van der Waals surface area contributed by atoms with Gasteiger partial charge in [-0.25, -0.2) is 4.98 Å². The predicted octanol–water partition coefficient (Wildman–Crippen LogP) is 1.41. The molecule has 0 spiro atoms. The third-order valence-electron chi connectivity index (χ3n) is 2.03. The lowest BCUT2D eigenvalue weighted by Gasteiger charge is -2.17. The fourth-order valence-electron chi connectivity index (χ4n) is 1.42. The molecule has 1 amide bonds. The minimum absolute atomic E-state index is 0.0275. The van der Waals surface area contributed by atoms with E-state index in [1.807, 2.05) is 0 Å². The summed E-state index contributed by atoms with van der Waals surface area (Å²) >= 11 is 2.89. The van der Waals surface area contributed by atoms with Crippen molar-refractivity contribution in [2.24, 2.45) is 0 Å². The van der Waals surface area contributed by atoms with Crippen LogP contribution in [0, 0.1) is 0 Å². The van der Waals surface area contributed by atoms with Crippen molar-refractivity contribution in [3.05, 3.63) is 16.1 Å². The largest absolute Gasteiger partial charge is 0.435 e. The number of hydrogen-bond acceptors (Lipinski definition) is 2. The molecule has 0 atom stereocenters. The number of nitrogens with zero attached hydrogens (tertiary/aromatic N) is 2. The number of hydrogen-bond donors (Lipinski definition) is 1. The van der Waals surface area contributed by atoms with Gasteiger partial charge in [-0.3, -0.25) is 4.79 Å². The first-order chi connectivity index (χ1) is 6.91. The van der Waals surface area contributed by atoms with Gasteiger partial charge in [0.2, 0.25) is 0 Å². The van der Waals surface area contributed by atoms with Crippen LogP contribution in [0.1, 0.15) is 16.2 Å². The molecule has 1 aromatic heterocycles. The minimum atomic E-state index is -4.61. The standard InChI is InChI=1S/C7H5BrF3N3O/c8-6-13-4(7(9,10)11)3-5(15)12-1-2-14(3)6/h1-2H2,(H,12,15). The third-order valence-corrected chi connectivity index (χ3v) is 2.63. The van der Waals surface area contributed by atoms with Crippen molar-refractivity contribution in [1.82, 2.24) is 14.9 Å². The average Bonchev–Trinajstić information content (AvgIpc) is 2.45. The monoisotopic (exact) mass is 283 g/mol. The molecule has 1 aromatic rings. The van der Waals surface area contributed by atoms with E-state index >= 15 is 0 Å². The Labute approximate surface area is 90.6 Å². The smallest absolute Gasteiger partial charge is 0.349 e. The molecule has 0 unspecified atom stereocenters. The van der Waals surface area contributed by atoms with Crippen molar-refractivity contribution >= 4 is 21.8 Å². The Kier molecular flexibility index (Phi) is 2.25. The number of nitrogens with one attached hydrogen (secondary N) is 1. The Morgan fingerprint density at radius 1 is 1.47 bits per heavy atom. The molecule has 0 aromatic carbocycles. The van der Waals surface area contributed by atoms with E-state index in [1.165, 1.54) is 4.57 Å². The molecule has 15 heavy (non-hydrogen) atoms. The van der Waals surface area contributed by atoms with E-state index in [4.69, 9.17) is 0 Å². The summed E-state index contributed by atoms with van der Waals surface area (Å²) in [5, 5.41) is 2.34. The van der Waals surface area contributed by atoms with Crippen LogP contribution in [0.15, 0.2) is 4.73 Å². The first-order valence-corrected chi connectivity index (χ1v) is 4.82. The van der Waals surface area contributed by atoms with Gasteiger partial charge >= 0.3 is 6.18 Å². The molecule has 1 aliphatic heterocycles. The van der Waals surface area contributed by atoms with E-state index in [0.717, 1.165) is 0 Å². The number of alkyl halides is 3. The fourth-order valence-corrected chi connectivity index (χ4v) is 1.95. The van der Waals surface area contributed by atoms with E-state index in [0.29, 0.717) is 6.54 Å². The summed E-state index contributed by atoms with van der Waals surface area (Å²) in [5.41, 5.74) is -1.58. The van der Waals surface area contributed by atoms with E-state index in [-0.39, 0.29) is 11.3 Å². The summed E-state index contributed by atoms with van der Waals surface area (Å²) in [4.78, 5) is 14.6. The lowest BCUT2D eigenvalue weighted by atomic mass is 10.2. The summed E-state index contributed by atoms with van der Waals surface area (Å²) in [7, 11) is 0. The second-order valence-corrected chi connectivity index (χ2v) is 3.69. The topological polar surface area (TPSA) is 46.9 Å². The number of carbonyl (C=O) groups excluding carboxylic acids is 1. The molecule has 8 heteroatoms. The van der Waals surface area contributed by atoms with Crippen molar-refractivity contribution in [1.29, 1.82) is 0 Å². The van der Waals surface area contributed by atoms with Crippen molar-refractivity contribution in [2.45, 2.75) is 12.7 Å². The summed E-state index contributed by atoms with van der Waals surface area (Å²) in [6, 6.07) is 0. The maximum Gasteiger partial charge on any atom is 0.435 e. The second-order valence-electron chi connectivity index (χ2n) is 2.98. The van der Waals surface area contributed by atoms with Crippen LogP contribution >= 0.6 is 15.9 Å². The number of carbonyl (C=O) groups is 1. The van der Waals surface area contributed by atoms with Crippen LogP contribution in [0.25, 0.3) is 0 Å². The van der Waals surface area contributed by atoms with E-state index in [9.17, 15) is 18.0 Å². The van der Waals surface area contributed by atoms with Gasteiger partial charge in [-0.15, -0.1) is 0 Å². The van der Waals surface area contributed by atoms with Gasteiger partial charge in [0.1, 0.15) is 5.69 Å². The predicted molar refractivity (Wildman–Crippen MR) is 47.3 cm³/mol. The van der Waals surface area contributed by atoms with Crippen LogP contribution in [0.3, 0.4) is 0 Å². The lowest BCUT2D eigenvalue weighted by Crippen LogP contribution is -2.36. The minimum Gasteiger partial charge on any atom is -0.349 e. The van der Waals surface area contributed by atoms with Gasteiger partial charge in [0.05, 0.1) is 0 Å². The molecule has 1 aliphatic rings. The van der Waals surface area contributed by atoms with Gasteiger partial charge in [0.25, 0.3) is 5.91 Å². The van der Waals surface area contributed by atoms with Crippen molar-refractivity contribution in [3.8, 4) is 0 Å². The maximum absolute atomic E-state index is 12.5. The van der Waals surface area contributed by atoms with Gasteiger partial charge in [0.15, 0.2) is 10.4 Å². The highest BCUT2D eigenvalue weighted by Crippen LogP contribution is 2.33. The van der Waals surface area contributed by atoms with Crippen molar-refractivity contribution in [3.63, 3.8) is 0 Å². The van der Waals surface area contributed by atoms with Crippen molar-refractivity contribution in [2.75, 3.05) is 6.54 Å². The SMILES string of the molecule is O=C1NCCn2c(Br)nc(C(F)(F)F)c21. The van der Waals surface area contributed by atoms with Crippen molar-refractivity contribution < 1.29 is 18.0 Å². The molecule has 4 nitrogen and oxygen atoms in total. The lowest BCUT2D eigenvalue weighted by molar-refractivity contribution is -0.141. The number of amides is 1. The highest BCUT2D eigenvalue weighted by Gasteiger charge is 2.41. The Hall–Kier alpha value is -1.05. The number of rotatable bonds is 0. The molecule has 2 rings (SSSR count). The fraction of sp³-hybridized carbons (Fsp3) is 0.429. The molecule has 0 aliphatic carbocycles. The Morgan fingerprint density at radius 3 is 2.73 bits per heavy atom. The number of aromatic nitrogens is 2. The zero-order valence-corrected chi connectivity index (χ0v) is 8.81. The third kappa shape index (κ3) is 1.62. The molecule has 1 N–H and O–H groups in total. The molecule has 2 heterocycles. The summed E-state index contributed by atoms with van der Waals surface area (Å²) < 4.78 is 38.7. The molecular weight excluding hydrogens is 279 g/mol. The van der Waals surface area contributed by atoms with Crippen LogP contribution in [-0.2, 0) is 12.7 Å². The summed E-state index contributed by atoms with van der Waals surface area (Å²) in [5.74, 6) is -0.744. The molecule has 0 radical (unpaired) electrons.